The molecule has 8 heteroatoms. The maximum absolute atomic E-state index is 12.8. The number of amides is 2. The second-order valence-corrected chi connectivity index (χ2v) is 8.23. The summed E-state index contributed by atoms with van der Waals surface area (Å²) in [6, 6.07) is 18.7. The van der Waals surface area contributed by atoms with Gasteiger partial charge >= 0.3 is 0 Å². The van der Waals surface area contributed by atoms with Crippen molar-refractivity contribution in [2.45, 2.75) is 11.8 Å². The van der Waals surface area contributed by atoms with Gasteiger partial charge in [-0.25, -0.2) is 13.3 Å². The van der Waals surface area contributed by atoms with E-state index in [1.807, 2.05) is 6.92 Å². The van der Waals surface area contributed by atoms with Gasteiger partial charge in [0.05, 0.1) is 28.3 Å². The van der Waals surface area contributed by atoms with Gasteiger partial charge in [0.25, 0.3) is 21.8 Å². The average molecular weight is 422 g/mol. The van der Waals surface area contributed by atoms with Crippen LogP contribution in [0.15, 0.2) is 77.7 Å². The van der Waals surface area contributed by atoms with Crippen molar-refractivity contribution in [2.24, 2.45) is 0 Å². The molecule has 0 radical (unpaired) electrons. The van der Waals surface area contributed by atoms with Crippen LogP contribution in [0.2, 0.25) is 0 Å². The van der Waals surface area contributed by atoms with Gasteiger partial charge in [0.2, 0.25) is 0 Å². The van der Waals surface area contributed by atoms with Gasteiger partial charge < -0.3 is 4.74 Å². The Morgan fingerprint density at radius 3 is 2.10 bits per heavy atom. The molecule has 0 atom stereocenters. The Morgan fingerprint density at radius 1 is 0.867 bits per heavy atom. The first-order chi connectivity index (χ1) is 14.4. The van der Waals surface area contributed by atoms with Crippen molar-refractivity contribution in [3.63, 3.8) is 0 Å². The smallest absolute Gasteiger partial charge is 0.266 e. The highest BCUT2D eigenvalue weighted by molar-refractivity contribution is 7.92. The van der Waals surface area contributed by atoms with E-state index in [9.17, 15) is 18.0 Å². The molecule has 4 rings (SSSR count). The zero-order valence-corrected chi connectivity index (χ0v) is 16.8. The summed E-state index contributed by atoms with van der Waals surface area (Å²) >= 11 is 0. The van der Waals surface area contributed by atoms with Crippen LogP contribution >= 0.6 is 0 Å². The van der Waals surface area contributed by atoms with E-state index >= 15 is 0 Å². The monoisotopic (exact) mass is 422 g/mol. The lowest BCUT2D eigenvalue weighted by Crippen LogP contribution is -2.29. The van der Waals surface area contributed by atoms with E-state index in [4.69, 9.17) is 4.74 Å². The minimum absolute atomic E-state index is 0.0644. The summed E-state index contributed by atoms with van der Waals surface area (Å²) in [7, 11) is -3.93. The summed E-state index contributed by atoms with van der Waals surface area (Å²) in [4.78, 5) is 26.3. The first kappa shape index (κ1) is 19.7. The quantitative estimate of drug-likeness (QED) is 0.612. The minimum Gasteiger partial charge on any atom is -0.494 e. The fourth-order valence-corrected chi connectivity index (χ4v) is 4.31. The van der Waals surface area contributed by atoms with Gasteiger partial charge in [-0.05, 0) is 61.5 Å². The molecule has 0 spiro atoms. The molecule has 0 unspecified atom stereocenters. The Morgan fingerprint density at radius 2 is 1.50 bits per heavy atom. The van der Waals surface area contributed by atoms with Crippen molar-refractivity contribution >= 4 is 33.2 Å². The van der Waals surface area contributed by atoms with Crippen LogP contribution in [-0.2, 0) is 10.0 Å². The highest BCUT2D eigenvalue weighted by Crippen LogP contribution is 2.30. The van der Waals surface area contributed by atoms with Crippen LogP contribution in [0.1, 0.15) is 27.6 Å². The van der Waals surface area contributed by atoms with Crippen LogP contribution in [0, 0.1) is 0 Å². The fourth-order valence-electron chi connectivity index (χ4n) is 3.21. The number of benzene rings is 3. The average Bonchev–Trinajstić information content (AvgIpc) is 3.00. The lowest BCUT2D eigenvalue weighted by atomic mass is 10.1. The van der Waals surface area contributed by atoms with Crippen LogP contribution < -0.4 is 14.4 Å². The molecule has 0 fully saturated rings. The normalized spacial score (nSPS) is 13.3. The number of hydrogen-bond acceptors (Lipinski definition) is 5. The molecular weight excluding hydrogens is 404 g/mol. The largest absolute Gasteiger partial charge is 0.494 e. The summed E-state index contributed by atoms with van der Waals surface area (Å²) in [5.74, 6) is -0.331. The molecule has 0 aromatic heterocycles. The van der Waals surface area contributed by atoms with Gasteiger partial charge in [-0.2, -0.15) is 0 Å². The van der Waals surface area contributed by atoms with Crippen LogP contribution in [0.3, 0.4) is 0 Å². The number of nitrogens with zero attached hydrogens (tertiary/aromatic N) is 1. The van der Waals surface area contributed by atoms with Crippen molar-refractivity contribution in [1.82, 2.24) is 0 Å². The summed E-state index contributed by atoms with van der Waals surface area (Å²) in [5.41, 5.74) is 1.15. The predicted molar refractivity (Wildman–Crippen MR) is 112 cm³/mol. The van der Waals surface area contributed by atoms with Crippen molar-refractivity contribution in [2.75, 3.05) is 16.2 Å². The fraction of sp³-hybridized carbons (Fsp3) is 0.0909. The molecule has 1 aliphatic heterocycles. The number of rotatable bonds is 6. The third kappa shape index (κ3) is 3.53. The van der Waals surface area contributed by atoms with E-state index in [1.54, 1.807) is 48.5 Å². The number of hydrogen-bond donors (Lipinski definition) is 1. The Balaban J connectivity index is 1.62. The second-order valence-electron chi connectivity index (χ2n) is 6.55. The summed E-state index contributed by atoms with van der Waals surface area (Å²) < 4.78 is 33.5. The van der Waals surface area contributed by atoms with Gasteiger partial charge in [0.1, 0.15) is 5.75 Å². The van der Waals surface area contributed by atoms with Crippen molar-refractivity contribution < 1.29 is 22.7 Å². The lowest BCUT2D eigenvalue weighted by Gasteiger charge is -2.15. The topological polar surface area (TPSA) is 92.8 Å². The molecule has 0 bridgehead atoms. The molecule has 30 heavy (non-hydrogen) atoms. The first-order valence-corrected chi connectivity index (χ1v) is 10.7. The molecule has 0 saturated heterocycles. The second kappa shape index (κ2) is 7.64. The predicted octanol–water partition coefficient (Wildman–Crippen LogP) is 3.69. The first-order valence-electron chi connectivity index (χ1n) is 9.24. The van der Waals surface area contributed by atoms with Crippen LogP contribution in [0.5, 0.6) is 5.75 Å². The van der Waals surface area contributed by atoms with Crippen LogP contribution in [-0.4, -0.2) is 26.8 Å². The molecule has 3 aromatic rings. The van der Waals surface area contributed by atoms with Gasteiger partial charge in [-0.3, -0.25) is 14.3 Å². The maximum Gasteiger partial charge on any atom is 0.266 e. The number of carbonyl (C=O) groups excluding carboxylic acids is 2. The SMILES string of the molecule is CCOc1ccc(NS(=O)(=O)c2cccc(N3C(=O)c4ccccc4C3=O)c2)cc1. The molecule has 3 aromatic carbocycles. The van der Waals surface area contributed by atoms with E-state index < -0.39 is 21.8 Å². The van der Waals surface area contributed by atoms with E-state index in [0.717, 1.165) is 4.90 Å². The number of anilines is 2. The molecular formula is C22H18N2O5S. The van der Waals surface area contributed by atoms with Gasteiger partial charge in [-0.1, -0.05) is 18.2 Å². The molecule has 2 amide bonds. The molecule has 0 saturated carbocycles. The Bertz CT molecular complexity index is 1200. The van der Waals surface area contributed by atoms with Gasteiger partial charge in [0, 0.05) is 5.69 Å². The molecule has 0 aliphatic carbocycles. The number of nitrogens with one attached hydrogen (secondary N) is 1. The maximum atomic E-state index is 12.8. The standard InChI is InChI=1S/C22H18N2O5S/c1-2-29-17-12-10-15(11-13-17)23-30(27,28)18-7-5-6-16(14-18)24-21(25)19-8-3-4-9-20(19)22(24)26/h3-14,23H,2H2,1H3. The summed E-state index contributed by atoms with van der Waals surface area (Å²) in [5, 5.41) is 0. The van der Waals surface area contributed by atoms with Gasteiger partial charge in [-0.15, -0.1) is 0 Å². The zero-order valence-electron chi connectivity index (χ0n) is 16.0. The number of imide groups is 1. The Labute approximate surface area is 174 Å². The zero-order chi connectivity index (χ0) is 21.3. The van der Waals surface area contributed by atoms with Crippen molar-refractivity contribution in [1.29, 1.82) is 0 Å². The van der Waals surface area contributed by atoms with Crippen LogP contribution in [0.4, 0.5) is 11.4 Å². The highest BCUT2D eigenvalue weighted by Gasteiger charge is 2.36. The lowest BCUT2D eigenvalue weighted by molar-refractivity contribution is 0.0926. The molecule has 1 heterocycles. The number of fused-ring (bicyclic) bond motifs is 1. The van der Waals surface area contributed by atoms with Crippen LogP contribution in [0.25, 0.3) is 0 Å². The van der Waals surface area contributed by atoms with E-state index in [2.05, 4.69) is 4.72 Å². The van der Waals surface area contributed by atoms with Crippen molar-refractivity contribution in [3.05, 3.63) is 83.9 Å². The van der Waals surface area contributed by atoms with E-state index in [0.29, 0.717) is 29.2 Å². The highest BCUT2D eigenvalue weighted by atomic mass is 32.2. The number of sulfonamides is 1. The van der Waals surface area contributed by atoms with Gasteiger partial charge in [0.15, 0.2) is 0 Å². The van der Waals surface area contributed by atoms with E-state index in [1.165, 1.54) is 24.3 Å². The summed E-state index contributed by atoms with van der Waals surface area (Å²) in [6.07, 6.45) is 0. The third-order valence-electron chi connectivity index (χ3n) is 4.60. The molecule has 7 nitrogen and oxygen atoms in total. The Hall–Kier alpha value is -3.65. The summed E-state index contributed by atoms with van der Waals surface area (Å²) in [6.45, 7) is 2.37. The van der Waals surface area contributed by atoms with Crippen molar-refractivity contribution in [3.8, 4) is 5.75 Å². The molecule has 152 valence electrons. The van der Waals surface area contributed by atoms with E-state index in [-0.39, 0.29) is 10.6 Å². The third-order valence-corrected chi connectivity index (χ3v) is 5.98. The number of ether oxygens (including phenoxy) is 1. The molecule has 1 N–H and O–H groups in total. The molecule has 1 aliphatic rings. The minimum atomic E-state index is -3.93. The Kier molecular flexibility index (Phi) is 5.01. The number of carbonyl (C=O) groups is 2.